The Morgan fingerprint density at radius 3 is 2.39 bits per heavy atom. The number of rotatable bonds is 2. The standard InChI is InChI=1S/C16H12F4N2O/c17-11-6-12(18)15(20)13(14(11)19)16(23)22-10-2-1-8-3-4-21-7-9(8)5-10/h1-2,5-6,21H,3-4,7H2,(H,22,23). The molecule has 120 valence electrons. The zero-order chi connectivity index (χ0) is 16.6. The Morgan fingerprint density at radius 2 is 1.70 bits per heavy atom. The van der Waals surface area contributed by atoms with Gasteiger partial charge in [0, 0.05) is 18.3 Å². The molecular weight excluding hydrogens is 312 g/mol. The number of nitrogens with one attached hydrogen (secondary N) is 2. The van der Waals surface area contributed by atoms with Crippen molar-refractivity contribution >= 4 is 11.6 Å². The first-order valence-corrected chi connectivity index (χ1v) is 6.94. The highest BCUT2D eigenvalue weighted by Crippen LogP contribution is 2.23. The number of halogens is 4. The maximum Gasteiger partial charge on any atom is 0.261 e. The third kappa shape index (κ3) is 2.92. The second-order valence-electron chi connectivity index (χ2n) is 5.21. The molecule has 0 aromatic heterocycles. The number of carbonyl (C=O) groups is 1. The predicted molar refractivity (Wildman–Crippen MR) is 76.1 cm³/mol. The summed E-state index contributed by atoms with van der Waals surface area (Å²) in [5, 5.41) is 5.42. The summed E-state index contributed by atoms with van der Waals surface area (Å²) in [5.74, 6) is -7.93. The molecule has 0 saturated heterocycles. The van der Waals surface area contributed by atoms with Crippen LogP contribution >= 0.6 is 0 Å². The van der Waals surface area contributed by atoms with E-state index in [1.165, 1.54) is 0 Å². The smallest absolute Gasteiger partial charge is 0.261 e. The van der Waals surface area contributed by atoms with Crippen LogP contribution in [0.5, 0.6) is 0 Å². The Bertz CT molecular complexity index is 766. The van der Waals surface area contributed by atoms with Gasteiger partial charge in [0.25, 0.3) is 5.91 Å². The van der Waals surface area contributed by atoms with Gasteiger partial charge >= 0.3 is 0 Å². The Morgan fingerprint density at radius 1 is 1.00 bits per heavy atom. The third-order valence-corrected chi connectivity index (χ3v) is 3.69. The molecule has 1 aliphatic rings. The zero-order valence-corrected chi connectivity index (χ0v) is 11.9. The maximum atomic E-state index is 13.6. The molecule has 0 aliphatic carbocycles. The summed E-state index contributed by atoms with van der Waals surface area (Å²) in [6.07, 6.45) is 0.835. The molecule has 2 N–H and O–H groups in total. The first kappa shape index (κ1) is 15.5. The minimum absolute atomic E-state index is 0.0615. The molecule has 0 atom stereocenters. The van der Waals surface area contributed by atoms with Crippen molar-refractivity contribution in [3.05, 3.63) is 64.2 Å². The minimum atomic E-state index is -1.72. The fraction of sp³-hybridized carbons (Fsp3) is 0.188. The van der Waals surface area contributed by atoms with Gasteiger partial charge in [0.1, 0.15) is 5.56 Å². The van der Waals surface area contributed by atoms with Gasteiger partial charge in [-0.3, -0.25) is 4.79 Å². The highest BCUT2D eigenvalue weighted by Gasteiger charge is 2.25. The molecule has 0 radical (unpaired) electrons. The summed E-state index contributed by atoms with van der Waals surface area (Å²) in [5.41, 5.74) is 1.07. The van der Waals surface area contributed by atoms with E-state index >= 15 is 0 Å². The fourth-order valence-electron chi connectivity index (χ4n) is 2.52. The highest BCUT2D eigenvalue weighted by molar-refractivity contribution is 6.04. The van der Waals surface area contributed by atoms with E-state index in [4.69, 9.17) is 0 Å². The summed E-state index contributed by atoms with van der Waals surface area (Å²) in [6.45, 7) is 1.45. The monoisotopic (exact) mass is 324 g/mol. The van der Waals surface area contributed by atoms with Crippen molar-refractivity contribution in [2.75, 3.05) is 11.9 Å². The zero-order valence-electron chi connectivity index (χ0n) is 11.9. The van der Waals surface area contributed by atoms with Crippen LogP contribution in [0, 0.1) is 23.3 Å². The average Bonchev–Trinajstić information content (AvgIpc) is 2.53. The van der Waals surface area contributed by atoms with Crippen LogP contribution in [-0.4, -0.2) is 12.5 Å². The minimum Gasteiger partial charge on any atom is -0.322 e. The lowest BCUT2D eigenvalue weighted by atomic mass is 10.0. The van der Waals surface area contributed by atoms with E-state index in [1.54, 1.807) is 18.2 Å². The third-order valence-electron chi connectivity index (χ3n) is 3.69. The van der Waals surface area contributed by atoms with Gasteiger partial charge in [-0.15, -0.1) is 0 Å². The first-order valence-electron chi connectivity index (χ1n) is 6.94. The molecule has 1 aliphatic heterocycles. The highest BCUT2D eigenvalue weighted by atomic mass is 19.2. The predicted octanol–water partition coefficient (Wildman–Crippen LogP) is 3.14. The van der Waals surface area contributed by atoms with Crippen LogP contribution in [-0.2, 0) is 13.0 Å². The number of hydrogen-bond donors (Lipinski definition) is 2. The van der Waals surface area contributed by atoms with Gasteiger partial charge in [0.05, 0.1) is 0 Å². The lowest BCUT2D eigenvalue weighted by molar-refractivity contribution is 0.101. The second kappa shape index (κ2) is 6.00. The van der Waals surface area contributed by atoms with Gasteiger partial charge in [-0.25, -0.2) is 17.6 Å². The lowest BCUT2D eigenvalue weighted by Gasteiger charge is -2.18. The lowest BCUT2D eigenvalue weighted by Crippen LogP contribution is -2.24. The van der Waals surface area contributed by atoms with E-state index in [2.05, 4.69) is 10.6 Å². The van der Waals surface area contributed by atoms with Crippen LogP contribution in [0.3, 0.4) is 0 Å². The average molecular weight is 324 g/mol. The molecule has 0 saturated carbocycles. The molecule has 7 heteroatoms. The van der Waals surface area contributed by atoms with Gasteiger partial charge in [-0.1, -0.05) is 6.07 Å². The SMILES string of the molecule is O=C(Nc1ccc2c(c1)CNCC2)c1c(F)c(F)cc(F)c1F. The van der Waals surface area contributed by atoms with Crippen molar-refractivity contribution in [2.45, 2.75) is 13.0 Å². The normalized spacial score (nSPS) is 13.6. The number of benzene rings is 2. The quantitative estimate of drug-likeness (QED) is 0.658. The summed E-state index contributed by atoms with van der Waals surface area (Å²) < 4.78 is 53.6. The summed E-state index contributed by atoms with van der Waals surface area (Å²) in [6, 6.07) is 5.09. The fourth-order valence-corrected chi connectivity index (χ4v) is 2.52. The van der Waals surface area contributed by atoms with Gasteiger partial charge in [-0.2, -0.15) is 0 Å². The molecule has 0 spiro atoms. The van der Waals surface area contributed by atoms with Crippen molar-refractivity contribution in [2.24, 2.45) is 0 Å². The molecular formula is C16H12F4N2O. The van der Waals surface area contributed by atoms with E-state index in [9.17, 15) is 22.4 Å². The van der Waals surface area contributed by atoms with Crippen molar-refractivity contribution < 1.29 is 22.4 Å². The number of hydrogen-bond acceptors (Lipinski definition) is 2. The first-order chi connectivity index (χ1) is 11.0. The largest absolute Gasteiger partial charge is 0.322 e. The van der Waals surface area contributed by atoms with Crippen molar-refractivity contribution in [1.82, 2.24) is 5.32 Å². The Hall–Kier alpha value is -2.41. The van der Waals surface area contributed by atoms with Crippen LogP contribution in [0.4, 0.5) is 23.2 Å². The molecule has 1 amide bonds. The van der Waals surface area contributed by atoms with Gasteiger partial charge in [-0.05, 0) is 36.2 Å². The molecule has 3 nitrogen and oxygen atoms in total. The molecule has 23 heavy (non-hydrogen) atoms. The summed E-state index contributed by atoms with van der Waals surface area (Å²) in [4.78, 5) is 12.0. The Kier molecular flexibility index (Phi) is 4.04. The van der Waals surface area contributed by atoms with Gasteiger partial charge in [0.15, 0.2) is 23.3 Å². The van der Waals surface area contributed by atoms with Crippen molar-refractivity contribution in [1.29, 1.82) is 0 Å². The summed E-state index contributed by atoms with van der Waals surface area (Å²) >= 11 is 0. The van der Waals surface area contributed by atoms with E-state index < -0.39 is 34.7 Å². The van der Waals surface area contributed by atoms with Gasteiger partial charge < -0.3 is 10.6 Å². The molecule has 3 rings (SSSR count). The Balaban J connectivity index is 1.91. The van der Waals surface area contributed by atoms with Crippen LogP contribution in [0.2, 0.25) is 0 Å². The van der Waals surface area contributed by atoms with E-state index in [0.717, 1.165) is 24.1 Å². The molecule has 2 aromatic rings. The molecule has 0 fully saturated rings. The van der Waals surface area contributed by atoms with Crippen LogP contribution in [0.15, 0.2) is 24.3 Å². The van der Waals surface area contributed by atoms with Crippen molar-refractivity contribution in [3.8, 4) is 0 Å². The van der Waals surface area contributed by atoms with Gasteiger partial charge in [0.2, 0.25) is 0 Å². The number of fused-ring (bicyclic) bond motifs is 1. The van der Waals surface area contributed by atoms with E-state index in [-0.39, 0.29) is 6.07 Å². The molecule has 2 aromatic carbocycles. The number of amides is 1. The Labute approximate surface area is 129 Å². The maximum absolute atomic E-state index is 13.6. The second-order valence-corrected chi connectivity index (χ2v) is 5.21. The molecule has 1 heterocycles. The number of carbonyl (C=O) groups excluding carboxylic acids is 1. The van der Waals surface area contributed by atoms with Crippen LogP contribution in [0.1, 0.15) is 21.5 Å². The van der Waals surface area contributed by atoms with Crippen molar-refractivity contribution in [3.63, 3.8) is 0 Å². The van der Waals surface area contributed by atoms with Crippen LogP contribution in [0.25, 0.3) is 0 Å². The van der Waals surface area contributed by atoms with E-state index in [0.29, 0.717) is 12.2 Å². The van der Waals surface area contributed by atoms with E-state index in [1.807, 2.05) is 0 Å². The molecule has 0 unspecified atom stereocenters. The summed E-state index contributed by atoms with van der Waals surface area (Å²) in [7, 11) is 0. The molecule has 0 bridgehead atoms. The topological polar surface area (TPSA) is 41.1 Å². The van der Waals surface area contributed by atoms with Crippen LogP contribution < -0.4 is 10.6 Å². The number of anilines is 1.